The van der Waals surface area contributed by atoms with Crippen LogP contribution in [0.2, 0.25) is 0 Å². The first-order chi connectivity index (χ1) is 8.71. The normalized spacial score (nSPS) is 12.6. The van der Waals surface area contributed by atoms with Crippen molar-refractivity contribution < 1.29 is 30.2 Å². The Morgan fingerprint density at radius 3 is 2.63 bits per heavy atom. The van der Waals surface area contributed by atoms with Crippen LogP contribution in [0.4, 0.5) is 13.2 Å². The molecule has 0 N–H and O–H groups in total. The Bertz CT molecular complexity index is 675. The van der Waals surface area contributed by atoms with Gasteiger partial charge in [0.25, 0.3) is 5.89 Å². The SMILES string of the molecule is Cc1sc(-c2ncco2)nc1OS(=O)(=O)C(F)(F)F. The van der Waals surface area contributed by atoms with Crippen LogP contribution < -0.4 is 4.18 Å². The minimum Gasteiger partial charge on any atom is -0.443 e. The van der Waals surface area contributed by atoms with Crippen LogP contribution in [0, 0.1) is 6.92 Å². The third-order valence-electron chi connectivity index (χ3n) is 1.84. The van der Waals surface area contributed by atoms with Crippen molar-refractivity contribution >= 4 is 21.5 Å². The van der Waals surface area contributed by atoms with Crippen molar-refractivity contribution in [3.63, 3.8) is 0 Å². The third kappa shape index (κ3) is 2.71. The van der Waals surface area contributed by atoms with Gasteiger partial charge in [0.15, 0.2) is 5.01 Å². The van der Waals surface area contributed by atoms with Crippen LogP contribution in [0.1, 0.15) is 4.88 Å². The minimum atomic E-state index is -5.74. The molecule has 0 saturated heterocycles. The lowest BCUT2D eigenvalue weighted by Crippen LogP contribution is -2.28. The Labute approximate surface area is 109 Å². The van der Waals surface area contributed by atoms with Crippen LogP contribution in [0.15, 0.2) is 16.9 Å². The molecule has 0 unspecified atom stereocenters. The molecule has 0 aliphatic rings. The second-order valence-corrected chi connectivity index (χ2v) is 5.94. The van der Waals surface area contributed by atoms with Gasteiger partial charge in [-0.05, 0) is 6.92 Å². The number of hydrogen-bond acceptors (Lipinski definition) is 7. The lowest BCUT2D eigenvalue weighted by atomic mass is 10.6. The van der Waals surface area contributed by atoms with Crippen molar-refractivity contribution in [2.45, 2.75) is 12.4 Å². The van der Waals surface area contributed by atoms with Crippen LogP contribution in [0.25, 0.3) is 10.9 Å². The zero-order valence-electron chi connectivity index (χ0n) is 9.13. The largest absolute Gasteiger partial charge is 0.534 e. The van der Waals surface area contributed by atoms with Gasteiger partial charge in [-0.15, -0.1) is 11.3 Å². The predicted octanol–water partition coefficient (Wildman–Crippen LogP) is 2.33. The van der Waals surface area contributed by atoms with Gasteiger partial charge in [0, 0.05) is 0 Å². The van der Waals surface area contributed by atoms with E-state index in [1.807, 2.05) is 0 Å². The quantitative estimate of drug-likeness (QED) is 0.639. The molecule has 0 spiro atoms. The second kappa shape index (κ2) is 4.49. The maximum Gasteiger partial charge on any atom is 0.534 e. The number of alkyl halides is 3. The molecule has 0 saturated carbocycles. The highest BCUT2D eigenvalue weighted by molar-refractivity contribution is 7.88. The summed E-state index contributed by atoms with van der Waals surface area (Å²) < 4.78 is 67.0. The molecule has 11 heteroatoms. The summed E-state index contributed by atoms with van der Waals surface area (Å²) in [5.74, 6) is -0.581. The van der Waals surface area contributed by atoms with Gasteiger partial charge in [0.2, 0.25) is 5.88 Å². The first-order valence-corrected chi connectivity index (χ1v) is 6.81. The summed E-state index contributed by atoms with van der Waals surface area (Å²) in [6.45, 7) is 1.37. The van der Waals surface area contributed by atoms with Gasteiger partial charge < -0.3 is 8.60 Å². The molecule has 0 fully saturated rings. The zero-order chi connectivity index (χ0) is 14.3. The van der Waals surface area contributed by atoms with E-state index in [4.69, 9.17) is 4.42 Å². The van der Waals surface area contributed by atoms with Crippen LogP contribution in [-0.2, 0) is 10.1 Å². The van der Waals surface area contributed by atoms with E-state index in [2.05, 4.69) is 14.2 Å². The van der Waals surface area contributed by atoms with Crippen molar-refractivity contribution in [2.75, 3.05) is 0 Å². The van der Waals surface area contributed by atoms with Crippen molar-refractivity contribution in [3.8, 4) is 16.8 Å². The molecule has 0 bridgehead atoms. The van der Waals surface area contributed by atoms with E-state index in [-0.39, 0.29) is 15.8 Å². The van der Waals surface area contributed by atoms with E-state index >= 15 is 0 Å². The molecule has 0 aromatic carbocycles. The van der Waals surface area contributed by atoms with E-state index in [1.165, 1.54) is 19.4 Å². The number of thiazole rings is 1. The number of nitrogens with zero attached hydrogens (tertiary/aromatic N) is 2. The maximum absolute atomic E-state index is 12.2. The van der Waals surface area contributed by atoms with Crippen molar-refractivity contribution in [1.82, 2.24) is 9.97 Å². The van der Waals surface area contributed by atoms with Crippen LogP contribution in [0.3, 0.4) is 0 Å². The summed E-state index contributed by atoms with van der Waals surface area (Å²) in [5, 5.41) is 0.120. The minimum absolute atomic E-state index is 0.0624. The van der Waals surface area contributed by atoms with Gasteiger partial charge >= 0.3 is 15.6 Å². The summed E-state index contributed by atoms with van der Waals surface area (Å²) in [7, 11) is -5.74. The fraction of sp³-hybridized carbons (Fsp3) is 0.250. The number of halogens is 3. The second-order valence-electron chi connectivity index (χ2n) is 3.20. The molecule has 0 radical (unpaired) electrons. The van der Waals surface area contributed by atoms with Crippen molar-refractivity contribution in [2.24, 2.45) is 0 Å². The highest BCUT2D eigenvalue weighted by Gasteiger charge is 2.49. The van der Waals surface area contributed by atoms with E-state index in [0.29, 0.717) is 0 Å². The number of aromatic nitrogens is 2. The first-order valence-electron chi connectivity index (χ1n) is 4.59. The molecule has 2 aromatic heterocycles. The van der Waals surface area contributed by atoms with Gasteiger partial charge in [-0.1, -0.05) is 0 Å². The van der Waals surface area contributed by atoms with Gasteiger partial charge in [0.1, 0.15) is 6.26 Å². The lowest BCUT2D eigenvalue weighted by molar-refractivity contribution is -0.0501. The monoisotopic (exact) mass is 314 g/mol. The molecule has 0 aliphatic heterocycles. The smallest absolute Gasteiger partial charge is 0.443 e. The fourth-order valence-corrected chi connectivity index (χ4v) is 2.33. The summed E-state index contributed by atoms with van der Waals surface area (Å²) in [5.41, 5.74) is -5.51. The highest BCUT2D eigenvalue weighted by Crippen LogP contribution is 2.34. The third-order valence-corrected chi connectivity index (χ3v) is 3.73. The van der Waals surface area contributed by atoms with Crippen LogP contribution >= 0.6 is 11.3 Å². The average Bonchev–Trinajstić information content (AvgIpc) is 2.86. The number of oxazole rings is 1. The topological polar surface area (TPSA) is 82.3 Å². The molecule has 2 heterocycles. The molecular formula is C8H5F3N2O4S2. The maximum atomic E-state index is 12.2. The molecule has 6 nitrogen and oxygen atoms in total. The summed E-state index contributed by atoms with van der Waals surface area (Å²) in [6, 6.07) is 0. The molecule has 0 aliphatic carbocycles. The highest BCUT2D eigenvalue weighted by atomic mass is 32.2. The number of hydrogen-bond donors (Lipinski definition) is 0. The summed E-state index contributed by atoms with van der Waals surface area (Å²) in [6.07, 6.45) is 2.57. The lowest BCUT2D eigenvalue weighted by Gasteiger charge is -2.07. The fourth-order valence-electron chi connectivity index (χ4n) is 1.03. The zero-order valence-corrected chi connectivity index (χ0v) is 10.8. The van der Waals surface area contributed by atoms with E-state index in [0.717, 1.165) is 11.3 Å². The predicted molar refractivity (Wildman–Crippen MR) is 58.0 cm³/mol. The molecule has 19 heavy (non-hydrogen) atoms. The standard InChI is InChI=1S/C8H5F3N2O4S2/c1-4-5(17-19(14,15)8(9,10)11)13-7(18-4)6-12-2-3-16-6/h2-3H,1H3. The Kier molecular flexibility index (Phi) is 3.26. The Hall–Kier alpha value is -1.62. The van der Waals surface area contributed by atoms with Crippen LogP contribution in [0.5, 0.6) is 5.88 Å². The molecular weight excluding hydrogens is 309 g/mol. The summed E-state index contributed by atoms with van der Waals surface area (Å²) >= 11 is 0.899. The average molecular weight is 314 g/mol. The Morgan fingerprint density at radius 2 is 2.11 bits per heavy atom. The van der Waals surface area contributed by atoms with Gasteiger partial charge in [0.05, 0.1) is 11.1 Å². The molecule has 2 rings (SSSR count). The van der Waals surface area contributed by atoms with E-state index in [9.17, 15) is 21.6 Å². The molecule has 2 aromatic rings. The number of aryl methyl sites for hydroxylation is 1. The molecule has 0 amide bonds. The first kappa shape index (κ1) is 13.8. The van der Waals surface area contributed by atoms with E-state index < -0.39 is 21.5 Å². The summed E-state index contributed by atoms with van der Waals surface area (Å²) in [4.78, 5) is 7.51. The van der Waals surface area contributed by atoms with Gasteiger partial charge in [-0.3, -0.25) is 0 Å². The van der Waals surface area contributed by atoms with Gasteiger partial charge in [-0.2, -0.15) is 26.6 Å². The van der Waals surface area contributed by atoms with E-state index in [1.54, 1.807) is 0 Å². The Balaban J connectivity index is 2.33. The van der Waals surface area contributed by atoms with Crippen molar-refractivity contribution in [3.05, 3.63) is 17.3 Å². The molecule has 0 atom stereocenters. The number of rotatable bonds is 3. The van der Waals surface area contributed by atoms with Crippen molar-refractivity contribution in [1.29, 1.82) is 0 Å². The Morgan fingerprint density at radius 1 is 1.42 bits per heavy atom. The molecule has 104 valence electrons. The van der Waals surface area contributed by atoms with Gasteiger partial charge in [-0.25, -0.2) is 4.98 Å². The van der Waals surface area contributed by atoms with Crippen LogP contribution in [-0.4, -0.2) is 23.9 Å².